The van der Waals surface area contributed by atoms with Gasteiger partial charge < -0.3 is 10.6 Å². The van der Waals surface area contributed by atoms with Crippen molar-refractivity contribution in [3.8, 4) is 0 Å². The van der Waals surface area contributed by atoms with Crippen LogP contribution >= 0.6 is 12.4 Å². The van der Waals surface area contributed by atoms with E-state index in [0.717, 1.165) is 36.8 Å². The number of carbonyl (C=O) groups is 1. The molecular weight excluding hydrogens is 398 g/mol. The highest BCUT2D eigenvalue weighted by atomic mass is 35.5. The Morgan fingerprint density at radius 3 is 2.36 bits per heavy atom. The molecule has 0 bridgehead atoms. The number of piperidine rings is 2. The van der Waals surface area contributed by atoms with Crippen molar-refractivity contribution in [3.05, 3.63) is 28.8 Å². The Labute approximate surface area is 174 Å². The average molecular weight is 430 g/mol. The van der Waals surface area contributed by atoms with Gasteiger partial charge >= 0.3 is 0 Å². The molecule has 0 saturated carbocycles. The molecule has 8 heteroatoms. The highest BCUT2D eigenvalue weighted by Gasteiger charge is 2.31. The summed E-state index contributed by atoms with van der Waals surface area (Å²) in [4.78, 5) is 15.0. The van der Waals surface area contributed by atoms with Crippen LogP contribution in [-0.4, -0.2) is 55.8 Å². The van der Waals surface area contributed by atoms with Crippen molar-refractivity contribution < 1.29 is 13.2 Å². The Kier molecular flexibility index (Phi) is 7.53. The largest absolute Gasteiger partial charge is 0.337 e. The second kappa shape index (κ2) is 9.11. The topological polar surface area (TPSA) is 83.7 Å². The van der Waals surface area contributed by atoms with Crippen molar-refractivity contribution in [1.29, 1.82) is 0 Å². The molecule has 0 radical (unpaired) electrons. The summed E-state index contributed by atoms with van der Waals surface area (Å²) in [5, 5.41) is 0. The molecule has 28 heavy (non-hydrogen) atoms. The molecule has 2 fully saturated rings. The molecule has 1 atom stereocenters. The zero-order valence-corrected chi connectivity index (χ0v) is 18.6. The number of likely N-dealkylation sites (tertiary alicyclic amines) is 1. The van der Waals surface area contributed by atoms with Gasteiger partial charge in [0.2, 0.25) is 10.0 Å². The maximum absolute atomic E-state index is 13.3. The van der Waals surface area contributed by atoms with Gasteiger partial charge in [0.05, 0.1) is 4.90 Å². The molecule has 0 aromatic heterocycles. The second-order valence-corrected chi connectivity index (χ2v) is 10.1. The number of sulfonamides is 1. The molecule has 2 aliphatic heterocycles. The first kappa shape index (κ1) is 23.1. The number of benzene rings is 1. The summed E-state index contributed by atoms with van der Waals surface area (Å²) in [6.45, 7) is 8.12. The number of carbonyl (C=O) groups excluding carboxylic acids is 1. The van der Waals surface area contributed by atoms with Gasteiger partial charge in [-0.1, -0.05) is 6.92 Å². The number of nitrogens with two attached hydrogens (primary N) is 1. The fraction of sp³-hybridized carbons (Fsp3) is 0.650. The molecule has 2 saturated heterocycles. The summed E-state index contributed by atoms with van der Waals surface area (Å²) in [5.74, 6) is 0.424. The van der Waals surface area contributed by atoms with Gasteiger partial charge in [0, 0.05) is 37.8 Å². The summed E-state index contributed by atoms with van der Waals surface area (Å²) < 4.78 is 28.1. The van der Waals surface area contributed by atoms with E-state index in [-0.39, 0.29) is 29.3 Å². The van der Waals surface area contributed by atoms with Gasteiger partial charge in [0.1, 0.15) is 0 Å². The third-order valence-electron chi connectivity index (χ3n) is 5.97. The van der Waals surface area contributed by atoms with Crippen molar-refractivity contribution in [3.63, 3.8) is 0 Å². The van der Waals surface area contributed by atoms with Gasteiger partial charge in [0.15, 0.2) is 0 Å². The molecule has 1 aromatic carbocycles. The van der Waals surface area contributed by atoms with Gasteiger partial charge in [-0.2, -0.15) is 4.31 Å². The summed E-state index contributed by atoms with van der Waals surface area (Å²) in [5.41, 5.74) is 8.00. The number of halogens is 1. The van der Waals surface area contributed by atoms with Crippen LogP contribution in [0.1, 0.15) is 54.1 Å². The lowest BCUT2D eigenvalue weighted by atomic mass is 10.0. The normalized spacial score (nSPS) is 22.0. The molecule has 2 heterocycles. The molecular formula is C20H32ClN3O3S. The molecule has 1 unspecified atom stereocenters. The van der Waals surface area contributed by atoms with Gasteiger partial charge in [-0.05, 0) is 68.7 Å². The molecule has 2 N–H and O–H groups in total. The Balaban J connectivity index is 0.00000280. The predicted molar refractivity (Wildman–Crippen MR) is 113 cm³/mol. The van der Waals surface area contributed by atoms with E-state index in [1.807, 2.05) is 13.8 Å². The zero-order chi connectivity index (χ0) is 19.8. The van der Waals surface area contributed by atoms with Crippen molar-refractivity contribution in [2.45, 2.75) is 57.4 Å². The first-order valence-electron chi connectivity index (χ1n) is 9.86. The Hall–Kier alpha value is -1.15. The lowest BCUT2D eigenvalue weighted by Crippen LogP contribution is -2.45. The van der Waals surface area contributed by atoms with E-state index in [2.05, 4.69) is 6.92 Å². The van der Waals surface area contributed by atoms with E-state index in [1.165, 1.54) is 0 Å². The standard InChI is InChI=1S/C20H31N3O3S.ClH/c1-14-6-9-23(10-7-14)27(25,26)19-12-17(11-15(2)16(19)3)20(24)22-8-4-5-18(21)13-22;/h11-12,14,18H,4-10,13,21H2,1-3H3;1H. The number of rotatable bonds is 3. The van der Waals surface area contributed by atoms with Crippen LogP contribution in [0, 0.1) is 19.8 Å². The van der Waals surface area contributed by atoms with E-state index < -0.39 is 10.0 Å². The number of nitrogens with zero attached hydrogens (tertiary/aromatic N) is 2. The van der Waals surface area contributed by atoms with Crippen molar-refractivity contribution in [2.24, 2.45) is 11.7 Å². The lowest BCUT2D eigenvalue weighted by Gasteiger charge is -2.32. The minimum absolute atomic E-state index is 0. The van der Waals surface area contributed by atoms with Crippen LogP contribution < -0.4 is 5.73 Å². The van der Waals surface area contributed by atoms with Crippen LogP contribution in [0.25, 0.3) is 0 Å². The molecule has 1 aromatic rings. The van der Waals surface area contributed by atoms with E-state index in [9.17, 15) is 13.2 Å². The lowest BCUT2D eigenvalue weighted by molar-refractivity contribution is 0.0708. The molecule has 2 aliphatic rings. The van der Waals surface area contributed by atoms with Crippen LogP contribution in [0.2, 0.25) is 0 Å². The van der Waals surface area contributed by atoms with Crippen molar-refractivity contribution in [2.75, 3.05) is 26.2 Å². The fourth-order valence-corrected chi connectivity index (χ4v) is 5.75. The summed E-state index contributed by atoms with van der Waals surface area (Å²) >= 11 is 0. The average Bonchev–Trinajstić information content (AvgIpc) is 2.63. The number of amides is 1. The smallest absolute Gasteiger partial charge is 0.253 e. The van der Waals surface area contributed by atoms with E-state index >= 15 is 0 Å². The Morgan fingerprint density at radius 2 is 1.75 bits per heavy atom. The van der Waals surface area contributed by atoms with Crippen LogP contribution in [0.4, 0.5) is 0 Å². The Morgan fingerprint density at radius 1 is 1.11 bits per heavy atom. The van der Waals surface area contributed by atoms with Gasteiger partial charge in [-0.25, -0.2) is 8.42 Å². The number of hydrogen-bond acceptors (Lipinski definition) is 4. The highest BCUT2D eigenvalue weighted by molar-refractivity contribution is 7.89. The minimum atomic E-state index is -3.60. The van der Waals surface area contributed by atoms with E-state index in [4.69, 9.17) is 5.73 Å². The van der Waals surface area contributed by atoms with Crippen LogP contribution in [0.5, 0.6) is 0 Å². The van der Waals surface area contributed by atoms with Crippen LogP contribution in [0.3, 0.4) is 0 Å². The highest BCUT2D eigenvalue weighted by Crippen LogP contribution is 2.28. The maximum Gasteiger partial charge on any atom is 0.253 e. The molecule has 1 amide bonds. The molecule has 0 spiro atoms. The van der Waals surface area contributed by atoms with Gasteiger partial charge in [-0.15, -0.1) is 12.4 Å². The zero-order valence-electron chi connectivity index (χ0n) is 17.0. The van der Waals surface area contributed by atoms with E-state index in [0.29, 0.717) is 37.7 Å². The monoisotopic (exact) mass is 429 g/mol. The van der Waals surface area contributed by atoms with Crippen molar-refractivity contribution >= 4 is 28.3 Å². The quantitative estimate of drug-likeness (QED) is 0.800. The van der Waals surface area contributed by atoms with Crippen LogP contribution in [0.15, 0.2) is 17.0 Å². The first-order valence-corrected chi connectivity index (χ1v) is 11.3. The SMILES string of the molecule is Cc1cc(C(=O)N2CCCC(N)C2)cc(S(=O)(=O)N2CCC(C)CC2)c1C.Cl. The minimum Gasteiger partial charge on any atom is -0.337 e. The van der Waals surface area contributed by atoms with Gasteiger partial charge in [-0.3, -0.25) is 4.79 Å². The van der Waals surface area contributed by atoms with Gasteiger partial charge in [0.25, 0.3) is 5.91 Å². The molecule has 0 aliphatic carbocycles. The molecule has 158 valence electrons. The maximum atomic E-state index is 13.3. The second-order valence-electron chi connectivity index (χ2n) is 8.16. The summed E-state index contributed by atoms with van der Waals surface area (Å²) in [6.07, 6.45) is 3.56. The third kappa shape index (κ3) is 4.70. The third-order valence-corrected chi connectivity index (χ3v) is 8.00. The predicted octanol–water partition coefficient (Wildman–Crippen LogP) is 2.71. The summed E-state index contributed by atoms with van der Waals surface area (Å²) in [6, 6.07) is 3.36. The van der Waals surface area contributed by atoms with Crippen LogP contribution in [-0.2, 0) is 10.0 Å². The number of hydrogen-bond donors (Lipinski definition) is 1. The van der Waals surface area contributed by atoms with Crippen molar-refractivity contribution in [1.82, 2.24) is 9.21 Å². The van der Waals surface area contributed by atoms with E-state index in [1.54, 1.807) is 21.3 Å². The first-order chi connectivity index (χ1) is 12.7. The molecule has 3 rings (SSSR count). The Bertz CT molecular complexity index is 820. The molecule has 6 nitrogen and oxygen atoms in total. The fourth-order valence-electron chi connectivity index (χ4n) is 3.96. The summed E-state index contributed by atoms with van der Waals surface area (Å²) in [7, 11) is -3.60. The number of aryl methyl sites for hydroxylation is 1.